The van der Waals surface area contributed by atoms with Crippen LogP contribution in [0.25, 0.3) is 0 Å². The molecule has 0 unspecified atom stereocenters. The summed E-state index contributed by atoms with van der Waals surface area (Å²) in [4.78, 5) is 0. The van der Waals surface area contributed by atoms with Crippen LogP contribution in [-0.4, -0.2) is 11.4 Å². The van der Waals surface area contributed by atoms with Crippen molar-refractivity contribution < 1.29 is 0 Å². The maximum Gasteiger partial charge on any atom is 0.0785 e. The Kier molecular flexibility index (Phi) is 2.15. The molecule has 0 fully saturated rings. The maximum atomic E-state index is 7.27. The molecule has 0 saturated carbocycles. The average Bonchev–Trinajstić information content (AvgIpc) is 1.92. The molecule has 2 N–H and O–H groups in total. The van der Waals surface area contributed by atoms with Crippen molar-refractivity contribution in [1.29, 1.82) is 10.8 Å². The van der Waals surface area contributed by atoms with Gasteiger partial charge in [-0.05, 0) is 25.0 Å². The van der Waals surface area contributed by atoms with E-state index >= 15 is 0 Å². The highest BCUT2D eigenvalue weighted by atomic mass is 14.5. The van der Waals surface area contributed by atoms with E-state index in [1.54, 1.807) is 12.2 Å². The third-order valence-corrected chi connectivity index (χ3v) is 1.36. The second-order valence-electron chi connectivity index (χ2n) is 2.21. The van der Waals surface area contributed by atoms with E-state index in [2.05, 4.69) is 0 Å². The van der Waals surface area contributed by atoms with Crippen molar-refractivity contribution >= 4 is 11.4 Å². The predicted octanol–water partition coefficient (Wildman–Crippen LogP) is 1.93. The molecule has 0 heterocycles. The van der Waals surface area contributed by atoms with Gasteiger partial charge in [0.05, 0.1) is 11.4 Å². The van der Waals surface area contributed by atoms with Gasteiger partial charge in [0, 0.05) is 0 Å². The Morgan fingerprint density at radius 3 is 1.70 bits per heavy atom. The SMILES string of the molecule is N=C1/C=C\CC/C=C\C1=N. The third-order valence-electron chi connectivity index (χ3n) is 1.36. The number of allylic oxidation sites excluding steroid dienone is 4. The van der Waals surface area contributed by atoms with Crippen molar-refractivity contribution in [2.24, 2.45) is 0 Å². The van der Waals surface area contributed by atoms with Crippen molar-refractivity contribution in [3.05, 3.63) is 24.3 Å². The van der Waals surface area contributed by atoms with E-state index in [-0.39, 0.29) is 0 Å². The molecule has 0 aromatic carbocycles. The third kappa shape index (κ3) is 1.65. The van der Waals surface area contributed by atoms with Crippen LogP contribution >= 0.6 is 0 Å². The van der Waals surface area contributed by atoms with Gasteiger partial charge in [-0.15, -0.1) is 0 Å². The molecule has 0 atom stereocenters. The molecule has 2 nitrogen and oxygen atoms in total. The van der Waals surface area contributed by atoms with Crippen molar-refractivity contribution in [3.63, 3.8) is 0 Å². The van der Waals surface area contributed by atoms with Crippen molar-refractivity contribution in [2.45, 2.75) is 12.8 Å². The first-order valence-electron chi connectivity index (χ1n) is 3.31. The first kappa shape index (κ1) is 6.93. The van der Waals surface area contributed by atoms with Crippen molar-refractivity contribution in [2.75, 3.05) is 0 Å². The van der Waals surface area contributed by atoms with Crippen LogP contribution in [0.15, 0.2) is 24.3 Å². The van der Waals surface area contributed by atoms with Gasteiger partial charge >= 0.3 is 0 Å². The lowest BCUT2D eigenvalue weighted by Crippen LogP contribution is -2.05. The molecule has 0 spiro atoms. The molecule has 1 aliphatic carbocycles. The standard InChI is InChI=1S/C8H10N2/c9-7-5-3-1-2-4-6-8(7)10/h3-6,9-10H,1-2H2/b5-3-,6-4-,9-7?,10-8?. The molecule has 52 valence electrons. The Morgan fingerprint density at radius 2 is 1.30 bits per heavy atom. The number of hydrogen-bond donors (Lipinski definition) is 2. The monoisotopic (exact) mass is 134 g/mol. The van der Waals surface area contributed by atoms with Crippen LogP contribution in [0.1, 0.15) is 12.8 Å². The number of rotatable bonds is 0. The molecule has 1 rings (SSSR count). The lowest BCUT2D eigenvalue weighted by molar-refractivity contribution is 1.05. The zero-order valence-electron chi connectivity index (χ0n) is 5.72. The largest absolute Gasteiger partial charge is 0.299 e. The van der Waals surface area contributed by atoms with Gasteiger partial charge in [0.2, 0.25) is 0 Å². The van der Waals surface area contributed by atoms with E-state index in [0.29, 0.717) is 11.4 Å². The second kappa shape index (κ2) is 3.11. The fraction of sp³-hybridized carbons (Fsp3) is 0.250. The summed E-state index contributed by atoms with van der Waals surface area (Å²) < 4.78 is 0. The minimum Gasteiger partial charge on any atom is -0.299 e. The van der Waals surface area contributed by atoms with E-state index in [4.69, 9.17) is 10.8 Å². The Hall–Kier alpha value is -1.18. The minimum atomic E-state index is 0.302. The Bertz CT molecular complexity index is 187. The van der Waals surface area contributed by atoms with E-state index < -0.39 is 0 Å². The highest BCUT2D eigenvalue weighted by Crippen LogP contribution is 1.98. The van der Waals surface area contributed by atoms with Gasteiger partial charge in [-0.1, -0.05) is 12.2 Å². The maximum absolute atomic E-state index is 7.27. The molecular formula is C8H10N2. The smallest absolute Gasteiger partial charge is 0.0785 e. The zero-order valence-corrected chi connectivity index (χ0v) is 5.72. The molecule has 0 aliphatic heterocycles. The quantitative estimate of drug-likeness (QED) is 0.508. The van der Waals surface area contributed by atoms with Crippen LogP contribution in [0.5, 0.6) is 0 Å². The topological polar surface area (TPSA) is 47.7 Å². The zero-order chi connectivity index (χ0) is 7.40. The second-order valence-corrected chi connectivity index (χ2v) is 2.21. The van der Waals surface area contributed by atoms with Crippen LogP contribution in [0, 0.1) is 10.8 Å². The Morgan fingerprint density at radius 1 is 0.900 bits per heavy atom. The van der Waals surface area contributed by atoms with Crippen LogP contribution in [0.2, 0.25) is 0 Å². The van der Waals surface area contributed by atoms with Gasteiger partial charge in [0.1, 0.15) is 0 Å². The molecule has 2 heteroatoms. The summed E-state index contributed by atoms with van der Waals surface area (Å²) in [5.74, 6) is 0. The molecule has 10 heavy (non-hydrogen) atoms. The fourth-order valence-electron chi connectivity index (χ4n) is 0.774. The first-order valence-corrected chi connectivity index (χ1v) is 3.31. The van der Waals surface area contributed by atoms with Crippen LogP contribution in [0.3, 0.4) is 0 Å². The molecule has 0 saturated heterocycles. The number of nitrogens with one attached hydrogen (secondary N) is 2. The van der Waals surface area contributed by atoms with Gasteiger partial charge in [-0.25, -0.2) is 0 Å². The predicted molar refractivity (Wildman–Crippen MR) is 43.0 cm³/mol. The fourth-order valence-corrected chi connectivity index (χ4v) is 0.774. The summed E-state index contributed by atoms with van der Waals surface area (Å²) in [7, 11) is 0. The average molecular weight is 134 g/mol. The molecule has 0 radical (unpaired) electrons. The van der Waals surface area contributed by atoms with Gasteiger partial charge in [0.15, 0.2) is 0 Å². The first-order chi connectivity index (χ1) is 4.80. The number of hydrogen-bond acceptors (Lipinski definition) is 2. The van der Waals surface area contributed by atoms with Crippen LogP contribution in [0.4, 0.5) is 0 Å². The van der Waals surface area contributed by atoms with Gasteiger partial charge < -0.3 is 0 Å². The molecule has 0 aromatic rings. The van der Waals surface area contributed by atoms with Gasteiger partial charge in [-0.2, -0.15) is 0 Å². The van der Waals surface area contributed by atoms with Crippen molar-refractivity contribution in [1.82, 2.24) is 0 Å². The van der Waals surface area contributed by atoms with Crippen molar-refractivity contribution in [3.8, 4) is 0 Å². The lowest BCUT2D eigenvalue weighted by Gasteiger charge is -1.97. The Labute approximate surface area is 60.3 Å². The van der Waals surface area contributed by atoms with E-state index in [9.17, 15) is 0 Å². The van der Waals surface area contributed by atoms with E-state index in [1.165, 1.54) is 0 Å². The summed E-state index contributed by atoms with van der Waals surface area (Å²) in [6.45, 7) is 0. The summed E-state index contributed by atoms with van der Waals surface area (Å²) in [6.07, 6.45) is 9.19. The molecular weight excluding hydrogens is 124 g/mol. The van der Waals surface area contributed by atoms with E-state index in [1.807, 2.05) is 12.2 Å². The summed E-state index contributed by atoms with van der Waals surface area (Å²) in [5.41, 5.74) is 0.604. The highest BCUT2D eigenvalue weighted by Gasteiger charge is 1.97. The summed E-state index contributed by atoms with van der Waals surface area (Å²) in [5, 5.41) is 14.5. The minimum absolute atomic E-state index is 0.302. The highest BCUT2D eigenvalue weighted by molar-refractivity contribution is 6.48. The molecule has 1 aliphatic rings. The normalized spacial score (nSPS) is 25.2. The molecule has 0 aromatic heterocycles. The van der Waals surface area contributed by atoms with Gasteiger partial charge in [0.25, 0.3) is 0 Å². The van der Waals surface area contributed by atoms with Crippen LogP contribution < -0.4 is 0 Å². The van der Waals surface area contributed by atoms with Gasteiger partial charge in [-0.3, -0.25) is 10.8 Å². The van der Waals surface area contributed by atoms with E-state index in [0.717, 1.165) is 12.8 Å². The Balaban J connectivity index is 2.74. The lowest BCUT2D eigenvalue weighted by atomic mass is 10.1. The molecule has 0 amide bonds. The summed E-state index contributed by atoms with van der Waals surface area (Å²) in [6, 6.07) is 0. The van der Waals surface area contributed by atoms with Crippen LogP contribution in [-0.2, 0) is 0 Å². The molecule has 0 bridgehead atoms. The summed E-state index contributed by atoms with van der Waals surface area (Å²) >= 11 is 0.